The molecule has 2 fully saturated rings. The van der Waals surface area contributed by atoms with E-state index in [0.717, 1.165) is 42.3 Å². The van der Waals surface area contributed by atoms with Gasteiger partial charge in [0.25, 0.3) is 0 Å². The number of likely N-dealkylation sites (tertiary alicyclic amines) is 1. The summed E-state index contributed by atoms with van der Waals surface area (Å²) in [5.41, 5.74) is 5.64. The van der Waals surface area contributed by atoms with Gasteiger partial charge in [-0.15, -0.1) is 12.6 Å². The molecule has 2 aromatic rings. The molecule has 0 radical (unpaired) electrons. The molecule has 1 saturated heterocycles. The van der Waals surface area contributed by atoms with Gasteiger partial charge in [0, 0.05) is 29.0 Å². The van der Waals surface area contributed by atoms with Crippen molar-refractivity contribution in [2.75, 3.05) is 20.2 Å². The van der Waals surface area contributed by atoms with E-state index in [-0.39, 0.29) is 5.41 Å². The summed E-state index contributed by atoms with van der Waals surface area (Å²) >= 11 is 4.70. The molecular weight excluding hydrogens is 390 g/mol. The predicted octanol–water partition coefficient (Wildman–Crippen LogP) is 5.65. The molecule has 2 aliphatic carbocycles. The maximum Gasteiger partial charge on any atom is 0.136 e. The van der Waals surface area contributed by atoms with Gasteiger partial charge in [-0.25, -0.2) is 0 Å². The van der Waals surface area contributed by atoms with Crippen LogP contribution in [0.1, 0.15) is 60.8 Å². The number of nitrogens with zero attached hydrogens (tertiary/aromatic N) is 1. The smallest absolute Gasteiger partial charge is 0.136 e. The Balaban J connectivity index is 1.49. The molecule has 1 aliphatic heterocycles. The van der Waals surface area contributed by atoms with Crippen LogP contribution in [-0.4, -0.2) is 30.2 Å². The third kappa shape index (κ3) is 2.90. The van der Waals surface area contributed by atoms with Crippen LogP contribution >= 0.6 is 12.6 Å². The molecule has 2 unspecified atom stereocenters. The third-order valence-electron chi connectivity index (χ3n) is 8.44. The van der Waals surface area contributed by atoms with E-state index in [4.69, 9.17) is 17.4 Å². The van der Waals surface area contributed by atoms with Gasteiger partial charge < -0.3 is 9.84 Å². The van der Waals surface area contributed by atoms with Crippen LogP contribution in [0.4, 0.5) is 0 Å². The van der Waals surface area contributed by atoms with Crippen molar-refractivity contribution in [3.8, 4) is 11.5 Å². The molecular formula is C26H33NO2S. The van der Waals surface area contributed by atoms with Gasteiger partial charge in [0.1, 0.15) is 11.5 Å². The van der Waals surface area contributed by atoms with Crippen molar-refractivity contribution in [2.24, 2.45) is 5.41 Å². The number of benzene rings is 2. The van der Waals surface area contributed by atoms with Gasteiger partial charge in [0.05, 0.1) is 7.11 Å². The van der Waals surface area contributed by atoms with Crippen LogP contribution in [0.3, 0.4) is 0 Å². The highest BCUT2D eigenvalue weighted by molar-refractivity contribution is 7.80. The minimum atomic E-state index is 0.236. The van der Waals surface area contributed by atoms with Gasteiger partial charge in [-0.05, 0) is 73.7 Å². The lowest BCUT2D eigenvalue weighted by Gasteiger charge is -2.62. The van der Waals surface area contributed by atoms with E-state index in [9.17, 15) is 5.11 Å². The van der Waals surface area contributed by atoms with Crippen molar-refractivity contribution in [3.63, 3.8) is 0 Å². The predicted molar refractivity (Wildman–Crippen MR) is 124 cm³/mol. The minimum absolute atomic E-state index is 0.236. The SMILES string of the molecule is COc1c(CN2CCC34CCCCC3(CCc3c(O)cccc34)C2)ccc(C)c1S. The summed E-state index contributed by atoms with van der Waals surface area (Å²) in [6, 6.07) is 10.6. The molecule has 0 spiro atoms. The largest absolute Gasteiger partial charge is 0.508 e. The Bertz CT molecular complexity index is 974. The van der Waals surface area contributed by atoms with Crippen LogP contribution in [0.15, 0.2) is 35.2 Å². The fourth-order valence-corrected chi connectivity index (χ4v) is 7.27. The highest BCUT2D eigenvalue weighted by atomic mass is 32.1. The summed E-state index contributed by atoms with van der Waals surface area (Å²) < 4.78 is 5.74. The Morgan fingerprint density at radius 3 is 2.77 bits per heavy atom. The first-order chi connectivity index (χ1) is 14.5. The number of ether oxygens (including phenoxy) is 1. The van der Waals surface area contributed by atoms with Gasteiger partial charge >= 0.3 is 0 Å². The maximum absolute atomic E-state index is 10.6. The van der Waals surface area contributed by atoms with Gasteiger partial charge in [-0.2, -0.15) is 0 Å². The standard InChI is InChI=1S/C26H33NO2S/c1-18-8-9-19(23(29-2)24(18)30)16-27-15-14-26-12-4-3-11-25(26,17-27)13-10-20-21(26)6-5-7-22(20)28/h5-9,28,30H,3-4,10-17H2,1-2H3. The molecule has 1 N–H and O–H groups in total. The topological polar surface area (TPSA) is 32.7 Å². The monoisotopic (exact) mass is 423 g/mol. The number of phenolic OH excluding ortho intramolecular Hbond substituents is 1. The Morgan fingerprint density at radius 2 is 1.93 bits per heavy atom. The highest BCUT2D eigenvalue weighted by Crippen LogP contribution is 2.62. The molecule has 3 aliphatic rings. The lowest BCUT2D eigenvalue weighted by atomic mass is 9.46. The van der Waals surface area contributed by atoms with Crippen LogP contribution in [-0.2, 0) is 18.4 Å². The Hall–Kier alpha value is -1.65. The number of aromatic hydroxyl groups is 1. The molecule has 5 rings (SSSR count). The van der Waals surface area contributed by atoms with E-state index in [1.54, 1.807) is 7.11 Å². The number of hydrogen-bond donors (Lipinski definition) is 2. The van der Waals surface area contributed by atoms with Crippen molar-refractivity contribution < 1.29 is 9.84 Å². The normalized spacial score (nSPS) is 28.4. The number of aryl methyl sites for hydroxylation is 1. The number of rotatable bonds is 3. The summed E-state index contributed by atoms with van der Waals surface area (Å²) in [6.45, 7) is 5.23. The van der Waals surface area contributed by atoms with Crippen molar-refractivity contribution in [3.05, 3.63) is 52.6 Å². The molecule has 2 aromatic carbocycles. The van der Waals surface area contributed by atoms with E-state index in [1.807, 2.05) is 6.07 Å². The average molecular weight is 424 g/mol. The highest BCUT2D eigenvalue weighted by Gasteiger charge is 2.58. The molecule has 2 atom stereocenters. The van der Waals surface area contributed by atoms with Gasteiger partial charge in [0.2, 0.25) is 0 Å². The fourth-order valence-electron chi connectivity index (χ4n) is 6.96. The van der Waals surface area contributed by atoms with Gasteiger partial charge in [-0.3, -0.25) is 4.90 Å². The fraction of sp³-hybridized carbons (Fsp3) is 0.538. The molecule has 160 valence electrons. The lowest BCUT2D eigenvalue weighted by Crippen LogP contribution is -2.61. The van der Waals surface area contributed by atoms with Crippen LogP contribution in [0.25, 0.3) is 0 Å². The zero-order valence-corrected chi connectivity index (χ0v) is 19.1. The summed E-state index contributed by atoms with van der Waals surface area (Å²) in [6.07, 6.45) is 8.60. The van der Waals surface area contributed by atoms with Crippen LogP contribution in [0.2, 0.25) is 0 Å². The van der Waals surface area contributed by atoms with E-state index < -0.39 is 0 Å². The van der Waals surface area contributed by atoms with Crippen molar-refractivity contribution in [1.29, 1.82) is 0 Å². The summed E-state index contributed by atoms with van der Waals surface area (Å²) in [7, 11) is 1.75. The van der Waals surface area contributed by atoms with Crippen LogP contribution in [0.5, 0.6) is 11.5 Å². The number of thiol groups is 1. The molecule has 0 aromatic heterocycles. The zero-order valence-electron chi connectivity index (χ0n) is 18.2. The summed E-state index contributed by atoms with van der Waals surface area (Å²) in [5.74, 6) is 1.43. The van der Waals surface area contributed by atoms with E-state index in [0.29, 0.717) is 11.2 Å². The average Bonchev–Trinajstić information content (AvgIpc) is 2.76. The molecule has 0 amide bonds. The number of fused-ring (bicyclic) bond motifs is 1. The third-order valence-corrected chi connectivity index (χ3v) is 8.99. The zero-order chi connectivity index (χ0) is 20.9. The number of piperidine rings is 1. The Kier molecular flexibility index (Phi) is 5.06. The first-order valence-electron chi connectivity index (χ1n) is 11.4. The molecule has 1 heterocycles. The van der Waals surface area contributed by atoms with Crippen LogP contribution in [0, 0.1) is 12.3 Å². The van der Waals surface area contributed by atoms with E-state index in [1.165, 1.54) is 55.2 Å². The summed E-state index contributed by atoms with van der Waals surface area (Å²) in [4.78, 5) is 3.61. The van der Waals surface area contributed by atoms with Crippen molar-refractivity contribution >= 4 is 12.6 Å². The number of hydrogen-bond acceptors (Lipinski definition) is 4. The lowest BCUT2D eigenvalue weighted by molar-refractivity contribution is -0.0511. The molecule has 3 nitrogen and oxygen atoms in total. The Morgan fingerprint density at radius 1 is 1.10 bits per heavy atom. The molecule has 1 saturated carbocycles. The summed E-state index contributed by atoms with van der Waals surface area (Å²) in [5, 5.41) is 10.6. The van der Waals surface area contributed by atoms with E-state index >= 15 is 0 Å². The van der Waals surface area contributed by atoms with Crippen molar-refractivity contribution in [2.45, 2.75) is 68.7 Å². The first-order valence-corrected chi connectivity index (χ1v) is 11.8. The van der Waals surface area contributed by atoms with Crippen LogP contribution < -0.4 is 4.74 Å². The molecule has 4 heteroatoms. The number of phenols is 1. The first kappa shape index (κ1) is 20.3. The van der Waals surface area contributed by atoms with E-state index in [2.05, 4.69) is 36.1 Å². The second-order valence-corrected chi connectivity index (χ2v) is 10.2. The quantitative estimate of drug-likeness (QED) is 0.626. The Labute approximate surface area is 185 Å². The molecule has 30 heavy (non-hydrogen) atoms. The van der Waals surface area contributed by atoms with Crippen molar-refractivity contribution in [1.82, 2.24) is 4.90 Å². The van der Waals surface area contributed by atoms with Gasteiger partial charge in [-0.1, -0.05) is 37.1 Å². The second kappa shape index (κ2) is 7.49. The second-order valence-electron chi connectivity index (χ2n) is 9.76. The molecule has 0 bridgehead atoms. The van der Waals surface area contributed by atoms with Gasteiger partial charge in [0.15, 0.2) is 0 Å². The number of methoxy groups -OCH3 is 1. The maximum atomic E-state index is 10.6. The minimum Gasteiger partial charge on any atom is -0.508 e.